The number of hydrogen-bond acceptors (Lipinski definition) is 4. The highest BCUT2D eigenvalue weighted by Gasteiger charge is 2.17. The summed E-state index contributed by atoms with van der Waals surface area (Å²) in [4.78, 5) is 23.9. The Morgan fingerprint density at radius 2 is 1.92 bits per heavy atom. The molecule has 0 fully saturated rings. The van der Waals surface area contributed by atoms with Gasteiger partial charge in [0.2, 0.25) is 0 Å². The maximum absolute atomic E-state index is 12.1. The number of carbonyl (C=O) groups is 2. The number of halogens is 1. The van der Waals surface area contributed by atoms with Gasteiger partial charge >= 0.3 is 5.97 Å². The maximum atomic E-state index is 12.1. The molecular formula is C20H17ClN2O3. The zero-order chi connectivity index (χ0) is 19.1. The van der Waals surface area contributed by atoms with E-state index in [-0.39, 0.29) is 5.02 Å². The van der Waals surface area contributed by atoms with Gasteiger partial charge in [0.15, 0.2) is 6.10 Å². The van der Waals surface area contributed by atoms with E-state index in [0.717, 1.165) is 11.1 Å². The molecular weight excluding hydrogens is 352 g/mol. The monoisotopic (exact) mass is 368 g/mol. The second kappa shape index (κ2) is 8.84. The first-order valence-electron chi connectivity index (χ1n) is 7.85. The normalized spacial score (nSPS) is 11.6. The van der Waals surface area contributed by atoms with Crippen LogP contribution in [0.25, 0.3) is 6.08 Å². The topological polar surface area (TPSA) is 79.2 Å². The summed E-state index contributed by atoms with van der Waals surface area (Å²) in [5.41, 5.74) is 2.71. The molecule has 0 bridgehead atoms. The third-order valence-electron chi connectivity index (χ3n) is 3.51. The van der Waals surface area contributed by atoms with Crippen molar-refractivity contribution in [2.45, 2.75) is 20.0 Å². The van der Waals surface area contributed by atoms with E-state index in [0.29, 0.717) is 11.3 Å². The lowest BCUT2D eigenvalue weighted by Gasteiger charge is -2.12. The highest BCUT2D eigenvalue weighted by atomic mass is 35.5. The van der Waals surface area contributed by atoms with E-state index in [1.54, 1.807) is 12.1 Å². The van der Waals surface area contributed by atoms with E-state index in [1.165, 1.54) is 25.1 Å². The molecule has 5 nitrogen and oxygen atoms in total. The number of carbonyl (C=O) groups excluding carboxylic acids is 2. The van der Waals surface area contributed by atoms with Gasteiger partial charge in [-0.15, -0.1) is 0 Å². The number of nitrogens with one attached hydrogen (secondary N) is 1. The summed E-state index contributed by atoms with van der Waals surface area (Å²) in [6, 6.07) is 14.1. The van der Waals surface area contributed by atoms with Crippen LogP contribution in [0, 0.1) is 18.3 Å². The fraction of sp³-hybridized carbons (Fsp3) is 0.150. The standard InChI is InChI=1S/C20H17ClN2O3/c1-13-3-5-15(6-4-13)7-10-19(24)26-14(2)20(25)23-17-9-8-16(12-22)18(21)11-17/h3-11,14H,1-2H3,(H,23,25)/b10-7+/t14-/m0/s1. The lowest BCUT2D eigenvalue weighted by Crippen LogP contribution is -2.29. The molecule has 0 saturated carbocycles. The van der Waals surface area contributed by atoms with E-state index in [2.05, 4.69) is 5.32 Å². The average Bonchev–Trinajstić information content (AvgIpc) is 2.61. The Morgan fingerprint density at radius 1 is 1.23 bits per heavy atom. The van der Waals surface area contributed by atoms with Gasteiger partial charge in [-0.1, -0.05) is 41.4 Å². The van der Waals surface area contributed by atoms with Crippen LogP contribution in [0.2, 0.25) is 5.02 Å². The van der Waals surface area contributed by atoms with E-state index in [9.17, 15) is 9.59 Å². The predicted molar refractivity (Wildman–Crippen MR) is 101 cm³/mol. The Morgan fingerprint density at radius 3 is 2.54 bits per heavy atom. The Kier molecular flexibility index (Phi) is 6.54. The molecule has 1 atom stereocenters. The molecule has 26 heavy (non-hydrogen) atoms. The van der Waals surface area contributed by atoms with Gasteiger partial charge < -0.3 is 10.1 Å². The van der Waals surface area contributed by atoms with Gasteiger partial charge in [0, 0.05) is 11.8 Å². The highest BCUT2D eigenvalue weighted by molar-refractivity contribution is 6.32. The minimum absolute atomic E-state index is 0.232. The lowest BCUT2D eigenvalue weighted by atomic mass is 10.1. The molecule has 132 valence electrons. The molecule has 0 spiro atoms. The van der Waals surface area contributed by atoms with Gasteiger partial charge in [-0.3, -0.25) is 4.79 Å². The third-order valence-corrected chi connectivity index (χ3v) is 3.82. The summed E-state index contributed by atoms with van der Waals surface area (Å²) in [5, 5.41) is 11.7. The molecule has 0 aliphatic rings. The summed E-state index contributed by atoms with van der Waals surface area (Å²) >= 11 is 5.92. The summed E-state index contributed by atoms with van der Waals surface area (Å²) in [7, 11) is 0. The van der Waals surface area contributed by atoms with Gasteiger partial charge in [0.25, 0.3) is 5.91 Å². The lowest BCUT2D eigenvalue weighted by molar-refractivity contribution is -0.148. The van der Waals surface area contributed by atoms with Crippen molar-refractivity contribution in [2.24, 2.45) is 0 Å². The second-order valence-corrected chi connectivity index (χ2v) is 6.03. The SMILES string of the molecule is Cc1ccc(/C=C/C(=O)O[C@@H](C)C(=O)Nc2ccc(C#N)c(Cl)c2)cc1. The molecule has 1 amide bonds. The molecule has 2 rings (SSSR count). The number of anilines is 1. The quantitative estimate of drug-likeness (QED) is 0.636. The molecule has 0 aromatic heterocycles. The molecule has 0 heterocycles. The summed E-state index contributed by atoms with van der Waals surface area (Å²) < 4.78 is 5.08. The van der Waals surface area contributed by atoms with Gasteiger partial charge in [0.1, 0.15) is 6.07 Å². The number of nitrogens with zero attached hydrogens (tertiary/aromatic N) is 1. The van der Waals surface area contributed by atoms with Crippen molar-refractivity contribution in [2.75, 3.05) is 5.32 Å². The van der Waals surface area contributed by atoms with Crippen LogP contribution in [0.3, 0.4) is 0 Å². The molecule has 0 radical (unpaired) electrons. The molecule has 6 heteroatoms. The van der Waals surface area contributed by atoms with Crippen LogP contribution >= 0.6 is 11.6 Å². The van der Waals surface area contributed by atoms with Crippen molar-refractivity contribution in [1.29, 1.82) is 5.26 Å². The zero-order valence-corrected chi connectivity index (χ0v) is 15.1. The van der Waals surface area contributed by atoms with Gasteiger partial charge in [-0.25, -0.2) is 4.79 Å². The Balaban J connectivity index is 1.91. The summed E-state index contributed by atoms with van der Waals surface area (Å²) in [5.74, 6) is -1.12. The Labute approximate surface area is 156 Å². The molecule has 0 saturated heterocycles. The van der Waals surface area contributed by atoms with E-state index in [1.807, 2.05) is 37.3 Å². The third kappa shape index (κ3) is 5.47. The maximum Gasteiger partial charge on any atom is 0.331 e. The van der Waals surface area contributed by atoms with Crippen molar-refractivity contribution in [3.63, 3.8) is 0 Å². The summed E-state index contributed by atoms with van der Waals surface area (Å²) in [6.07, 6.45) is 1.90. The molecule has 0 unspecified atom stereocenters. The fourth-order valence-electron chi connectivity index (χ4n) is 2.04. The largest absolute Gasteiger partial charge is 0.449 e. The van der Waals surface area contributed by atoms with Crippen LogP contribution < -0.4 is 5.32 Å². The van der Waals surface area contributed by atoms with Crippen molar-refractivity contribution in [3.05, 3.63) is 70.3 Å². The first-order valence-corrected chi connectivity index (χ1v) is 8.22. The second-order valence-electron chi connectivity index (χ2n) is 5.62. The first-order chi connectivity index (χ1) is 12.4. The van der Waals surface area contributed by atoms with Crippen molar-refractivity contribution < 1.29 is 14.3 Å². The average molecular weight is 369 g/mol. The van der Waals surface area contributed by atoms with Crippen LogP contribution in [-0.4, -0.2) is 18.0 Å². The first kappa shape index (κ1) is 19.2. The number of amides is 1. The fourth-order valence-corrected chi connectivity index (χ4v) is 2.26. The molecule has 0 aliphatic carbocycles. The summed E-state index contributed by atoms with van der Waals surface area (Å²) in [6.45, 7) is 3.45. The van der Waals surface area contributed by atoms with Gasteiger partial charge in [0.05, 0.1) is 10.6 Å². The smallest absolute Gasteiger partial charge is 0.331 e. The van der Waals surface area contributed by atoms with E-state index >= 15 is 0 Å². The van der Waals surface area contributed by atoms with Crippen LogP contribution in [0.15, 0.2) is 48.5 Å². The van der Waals surface area contributed by atoms with E-state index < -0.39 is 18.0 Å². The zero-order valence-electron chi connectivity index (χ0n) is 14.3. The van der Waals surface area contributed by atoms with Crippen LogP contribution in [0.4, 0.5) is 5.69 Å². The number of esters is 1. The van der Waals surface area contributed by atoms with Crippen LogP contribution in [0.5, 0.6) is 0 Å². The van der Waals surface area contributed by atoms with Crippen LogP contribution in [0.1, 0.15) is 23.6 Å². The molecule has 2 aromatic carbocycles. The van der Waals surface area contributed by atoms with Gasteiger partial charge in [-0.05, 0) is 43.7 Å². The van der Waals surface area contributed by atoms with E-state index in [4.69, 9.17) is 21.6 Å². The van der Waals surface area contributed by atoms with Gasteiger partial charge in [-0.2, -0.15) is 5.26 Å². The van der Waals surface area contributed by atoms with Crippen molar-refractivity contribution >= 4 is 35.2 Å². The molecule has 0 aliphatic heterocycles. The predicted octanol–water partition coefficient (Wildman–Crippen LogP) is 4.10. The van der Waals surface area contributed by atoms with Crippen LogP contribution in [-0.2, 0) is 14.3 Å². The number of rotatable bonds is 5. The number of aryl methyl sites for hydroxylation is 1. The van der Waals surface area contributed by atoms with Crippen molar-refractivity contribution in [1.82, 2.24) is 0 Å². The highest BCUT2D eigenvalue weighted by Crippen LogP contribution is 2.20. The molecule has 1 N–H and O–H groups in total. The Hall–Kier alpha value is -3.10. The Bertz CT molecular complexity index is 883. The number of ether oxygens (including phenoxy) is 1. The number of nitriles is 1. The molecule has 2 aromatic rings. The minimum Gasteiger partial charge on any atom is -0.449 e. The minimum atomic E-state index is -0.986. The van der Waals surface area contributed by atoms with Crippen molar-refractivity contribution in [3.8, 4) is 6.07 Å². The number of benzene rings is 2. The number of hydrogen-bond donors (Lipinski definition) is 1.